The van der Waals surface area contributed by atoms with Crippen molar-refractivity contribution in [3.8, 4) is 11.5 Å². The van der Waals surface area contributed by atoms with E-state index in [2.05, 4.69) is 10.5 Å². The average molecular weight is 327 g/mol. The lowest BCUT2D eigenvalue weighted by atomic mass is 10.2. The Hall–Kier alpha value is -3.42. The molecule has 0 unspecified atom stereocenters. The number of fused-ring (bicyclic) bond motifs is 1. The molecule has 8 nitrogen and oxygen atoms in total. The molecule has 0 bridgehead atoms. The highest BCUT2D eigenvalue weighted by Crippen LogP contribution is 2.30. The number of non-ortho nitro benzene ring substituents is 1. The van der Waals surface area contributed by atoms with Crippen molar-refractivity contribution in [2.45, 2.75) is 0 Å². The number of hydrogen-bond acceptors (Lipinski definition) is 6. The van der Waals surface area contributed by atoms with Gasteiger partial charge in [0.2, 0.25) is 0 Å². The fourth-order valence-electron chi connectivity index (χ4n) is 2.10. The van der Waals surface area contributed by atoms with Crippen LogP contribution in [0.5, 0.6) is 11.5 Å². The highest BCUT2D eigenvalue weighted by molar-refractivity contribution is 5.95. The summed E-state index contributed by atoms with van der Waals surface area (Å²) in [4.78, 5) is 22.0. The quantitative estimate of drug-likeness (QED) is 0.526. The van der Waals surface area contributed by atoms with E-state index in [1.165, 1.54) is 30.5 Å². The van der Waals surface area contributed by atoms with Crippen molar-refractivity contribution in [2.24, 2.45) is 5.10 Å². The number of benzene rings is 2. The zero-order valence-corrected chi connectivity index (χ0v) is 12.5. The fourth-order valence-corrected chi connectivity index (χ4v) is 2.10. The van der Waals surface area contributed by atoms with Gasteiger partial charge in [0.25, 0.3) is 11.6 Å². The van der Waals surface area contributed by atoms with E-state index in [0.717, 1.165) is 5.56 Å². The lowest BCUT2D eigenvalue weighted by Gasteiger charge is -2.18. The van der Waals surface area contributed by atoms with Gasteiger partial charge in [-0.2, -0.15) is 5.10 Å². The second-order valence-electron chi connectivity index (χ2n) is 4.91. The van der Waals surface area contributed by atoms with Gasteiger partial charge in [0, 0.05) is 17.7 Å². The molecule has 0 saturated heterocycles. The van der Waals surface area contributed by atoms with Gasteiger partial charge in [-0.1, -0.05) is 0 Å². The molecule has 1 N–H and O–H groups in total. The number of nitrogens with zero attached hydrogens (tertiary/aromatic N) is 2. The number of hydrogen-bond donors (Lipinski definition) is 1. The van der Waals surface area contributed by atoms with Gasteiger partial charge in [0.15, 0.2) is 11.5 Å². The molecular weight excluding hydrogens is 314 g/mol. The van der Waals surface area contributed by atoms with Crippen LogP contribution in [0.4, 0.5) is 5.69 Å². The van der Waals surface area contributed by atoms with Gasteiger partial charge in [0.1, 0.15) is 13.2 Å². The summed E-state index contributed by atoms with van der Waals surface area (Å²) in [6.07, 6.45) is 1.47. The Morgan fingerprint density at radius 2 is 1.83 bits per heavy atom. The van der Waals surface area contributed by atoms with E-state index in [4.69, 9.17) is 9.47 Å². The van der Waals surface area contributed by atoms with Crippen LogP contribution in [0.3, 0.4) is 0 Å². The van der Waals surface area contributed by atoms with Crippen LogP contribution in [0.15, 0.2) is 47.6 Å². The molecule has 122 valence electrons. The number of nitro benzene ring substituents is 1. The van der Waals surface area contributed by atoms with Gasteiger partial charge in [-0.05, 0) is 35.9 Å². The summed E-state index contributed by atoms with van der Waals surface area (Å²) in [5.41, 5.74) is 3.30. The average Bonchev–Trinajstić information content (AvgIpc) is 2.61. The molecule has 1 aliphatic heterocycles. The van der Waals surface area contributed by atoms with Crippen LogP contribution < -0.4 is 14.9 Å². The minimum Gasteiger partial charge on any atom is -0.486 e. The number of amides is 1. The zero-order valence-electron chi connectivity index (χ0n) is 12.5. The zero-order chi connectivity index (χ0) is 16.9. The number of nitro groups is 1. The summed E-state index contributed by atoms with van der Waals surface area (Å²) in [5.74, 6) is 0.846. The first kappa shape index (κ1) is 15.5. The molecule has 0 fully saturated rings. The third-order valence-electron chi connectivity index (χ3n) is 3.29. The van der Waals surface area contributed by atoms with Gasteiger partial charge in [-0.3, -0.25) is 14.9 Å². The Morgan fingerprint density at radius 1 is 1.12 bits per heavy atom. The molecule has 0 aliphatic carbocycles. The third-order valence-corrected chi connectivity index (χ3v) is 3.29. The summed E-state index contributed by atoms with van der Waals surface area (Å²) in [7, 11) is 0. The van der Waals surface area contributed by atoms with Gasteiger partial charge >= 0.3 is 0 Å². The minimum atomic E-state index is -0.526. The van der Waals surface area contributed by atoms with Crippen molar-refractivity contribution in [1.82, 2.24) is 5.43 Å². The Balaban J connectivity index is 1.63. The normalized spacial score (nSPS) is 12.8. The van der Waals surface area contributed by atoms with Crippen LogP contribution in [0, 0.1) is 10.1 Å². The van der Waals surface area contributed by atoms with E-state index in [-0.39, 0.29) is 11.3 Å². The van der Waals surface area contributed by atoms with E-state index in [9.17, 15) is 14.9 Å². The number of rotatable bonds is 4. The maximum absolute atomic E-state index is 11.9. The van der Waals surface area contributed by atoms with Crippen molar-refractivity contribution in [3.05, 3.63) is 63.7 Å². The lowest BCUT2D eigenvalue weighted by Crippen LogP contribution is -2.17. The maximum Gasteiger partial charge on any atom is 0.271 e. The molecule has 1 aliphatic rings. The summed E-state index contributed by atoms with van der Waals surface area (Å²) in [6.45, 7) is 1.01. The Labute approximate surface area is 136 Å². The Kier molecular flexibility index (Phi) is 4.37. The number of carbonyl (C=O) groups excluding carboxylic acids is 1. The third kappa shape index (κ3) is 3.49. The number of carbonyl (C=O) groups is 1. The molecule has 1 amide bonds. The maximum atomic E-state index is 11.9. The van der Waals surface area contributed by atoms with Crippen molar-refractivity contribution in [1.29, 1.82) is 0 Å². The molecule has 0 saturated carbocycles. The summed E-state index contributed by atoms with van der Waals surface area (Å²) >= 11 is 0. The molecule has 24 heavy (non-hydrogen) atoms. The predicted octanol–water partition coefficient (Wildman–Crippen LogP) is 2.13. The largest absolute Gasteiger partial charge is 0.486 e. The second-order valence-corrected chi connectivity index (χ2v) is 4.91. The lowest BCUT2D eigenvalue weighted by molar-refractivity contribution is -0.384. The molecule has 0 radical (unpaired) electrons. The number of hydrazone groups is 1. The van der Waals surface area contributed by atoms with E-state index in [1.54, 1.807) is 18.2 Å². The number of ether oxygens (including phenoxy) is 2. The predicted molar refractivity (Wildman–Crippen MR) is 85.6 cm³/mol. The van der Waals surface area contributed by atoms with Crippen LogP contribution in [0.25, 0.3) is 0 Å². The molecule has 8 heteroatoms. The molecule has 0 aromatic heterocycles. The first-order valence-corrected chi connectivity index (χ1v) is 7.11. The Morgan fingerprint density at radius 3 is 2.54 bits per heavy atom. The van der Waals surface area contributed by atoms with Crippen LogP contribution in [-0.4, -0.2) is 30.3 Å². The van der Waals surface area contributed by atoms with Crippen molar-refractivity contribution in [3.63, 3.8) is 0 Å². The Bertz CT molecular complexity index is 802. The van der Waals surface area contributed by atoms with Crippen molar-refractivity contribution >= 4 is 17.8 Å². The molecule has 2 aromatic carbocycles. The molecule has 0 atom stereocenters. The van der Waals surface area contributed by atoms with E-state index in [0.29, 0.717) is 24.7 Å². The van der Waals surface area contributed by atoms with Gasteiger partial charge < -0.3 is 9.47 Å². The molecule has 0 spiro atoms. The van der Waals surface area contributed by atoms with E-state index < -0.39 is 10.8 Å². The molecule has 1 heterocycles. The van der Waals surface area contributed by atoms with Crippen molar-refractivity contribution in [2.75, 3.05) is 13.2 Å². The highest BCUT2D eigenvalue weighted by Gasteiger charge is 2.11. The summed E-state index contributed by atoms with van der Waals surface area (Å²) in [5, 5.41) is 14.4. The van der Waals surface area contributed by atoms with E-state index >= 15 is 0 Å². The SMILES string of the molecule is O=C(N/N=C\c1ccc2c(c1)OCCO2)c1ccc([N+](=O)[O-])cc1. The van der Waals surface area contributed by atoms with Crippen LogP contribution in [-0.2, 0) is 0 Å². The van der Waals surface area contributed by atoms with E-state index in [1.807, 2.05) is 0 Å². The topological polar surface area (TPSA) is 103 Å². The molecule has 3 rings (SSSR count). The van der Waals surface area contributed by atoms with Gasteiger partial charge in [-0.15, -0.1) is 0 Å². The first-order valence-electron chi connectivity index (χ1n) is 7.11. The number of nitrogens with one attached hydrogen (secondary N) is 1. The van der Waals surface area contributed by atoms with Crippen LogP contribution >= 0.6 is 0 Å². The molecule has 2 aromatic rings. The summed E-state index contributed by atoms with van der Waals surface area (Å²) < 4.78 is 10.9. The van der Waals surface area contributed by atoms with Gasteiger partial charge in [0.05, 0.1) is 11.1 Å². The molecular formula is C16H13N3O5. The smallest absolute Gasteiger partial charge is 0.271 e. The van der Waals surface area contributed by atoms with Crippen LogP contribution in [0.1, 0.15) is 15.9 Å². The van der Waals surface area contributed by atoms with Gasteiger partial charge in [-0.25, -0.2) is 5.43 Å². The van der Waals surface area contributed by atoms with Crippen LogP contribution in [0.2, 0.25) is 0 Å². The van der Waals surface area contributed by atoms with Crippen molar-refractivity contribution < 1.29 is 19.2 Å². The highest BCUT2D eigenvalue weighted by atomic mass is 16.6. The fraction of sp³-hybridized carbons (Fsp3) is 0.125. The first-order chi connectivity index (χ1) is 11.6. The second kappa shape index (κ2) is 6.78. The minimum absolute atomic E-state index is 0.0775. The summed E-state index contributed by atoms with van der Waals surface area (Å²) in [6, 6.07) is 10.6. The standard InChI is InChI=1S/C16H13N3O5/c20-16(12-2-4-13(5-3-12)19(21)22)18-17-10-11-1-6-14-15(9-11)24-8-7-23-14/h1-6,9-10H,7-8H2,(H,18,20)/b17-10-. The monoisotopic (exact) mass is 327 g/mol.